The first-order valence-corrected chi connectivity index (χ1v) is 10.2. The normalized spacial score (nSPS) is 22.2. The van der Waals surface area contributed by atoms with Gasteiger partial charge in [0.25, 0.3) is 0 Å². The van der Waals surface area contributed by atoms with E-state index in [-0.39, 0.29) is 5.54 Å². The fraction of sp³-hybridized carbons (Fsp3) is 0.947. The Balaban J connectivity index is 1.95. The van der Waals surface area contributed by atoms with Crippen LogP contribution in [0.4, 0.5) is 0 Å². The molecule has 1 heterocycles. The van der Waals surface area contributed by atoms with Crippen molar-refractivity contribution in [3.63, 3.8) is 0 Å². The van der Waals surface area contributed by atoms with Crippen LogP contribution in [0, 0.1) is 0 Å². The Morgan fingerprint density at radius 3 is 2.48 bits per heavy atom. The predicted molar refractivity (Wildman–Crippen MR) is 105 cm³/mol. The highest BCUT2D eigenvalue weighted by Gasteiger charge is 2.38. The van der Waals surface area contributed by atoms with Crippen molar-refractivity contribution in [2.45, 2.75) is 51.0 Å². The second kappa shape index (κ2) is 11.0. The maximum absolute atomic E-state index is 5.58. The minimum Gasteiger partial charge on any atom is -0.379 e. The Morgan fingerprint density at radius 2 is 1.84 bits per heavy atom. The summed E-state index contributed by atoms with van der Waals surface area (Å²) in [7, 11) is 4.24. The first-order valence-electron chi connectivity index (χ1n) is 10.2. The Kier molecular flexibility index (Phi) is 8.99. The summed E-state index contributed by atoms with van der Waals surface area (Å²) >= 11 is 0. The molecule has 0 unspecified atom stereocenters. The van der Waals surface area contributed by atoms with Gasteiger partial charge in [-0.25, -0.2) is 0 Å². The number of nitrogens with one attached hydrogen (secondary N) is 2. The summed E-state index contributed by atoms with van der Waals surface area (Å²) in [6.07, 6.45) is 7.72. The molecule has 0 aromatic rings. The van der Waals surface area contributed by atoms with Crippen molar-refractivity contribution >= 4 is 5.96 Å². The van der Waals surface area contributed by atoms with Gasteiger partial charge in [-0.3, -0.25) is 9.89 Å². The van der Waals surface area contributed by atoms with E-state index in [0.29, 0.717) is 0 Å². The minimum absolute atomic E-state index is 0.244. The van der Waals surface area contributed by atoms with E-state index in [2.05, 4.69) is 41.5 Å². The van der Waals surface area contributed by atoms with Crippen LogP contribution in [0.1, 0.15) is 45.4 Å². The molecule has 1 saturated heterocycles. The molecular formula is C19H39N5O. The van der Waals surface area contributed by atoms with Crippen LogP contribution in [0.15, 0.2) is 4.99 Å². The number of guanidine groups is 1. The fourth-order valence-electron chi connectivity index (χ4n) is 3.99. The van der Waals surface area contributed by atoms with Gasteiger partial charge < -0.3 is 20.3 Å². The van der Waals surface area contributed by atoms with Crippen LogP contribution in [0.5, 0.6) is 0 Å². The molecule has 1 aliphatic heterocycles. The largest absolute Gasteiger partial charge is 0.379 e. The summed E-state index contributed by atoms with van der Waals surface area (Å²) in [6.45, 7) is 9.86. The molecule has 0 aromatic heterocycles. The number of aliphatic imine (C=N–C) groups is 1. The highest BCUT2D eigenvalue weighted by molar-refractivity contribution is 5.79. The Hall–Kier alpha value is -0.850. The lowest BCUT2D eigenvalue weighted by atomic mass is 9.80. The van der Waals surface area contributed by atoms with Crippen molar-refractivity contribution in [1.29, 1.82) is 0 Å². The van der Waals surface area contributed by atoms with Crippen molar-refractivity contribution in [2.24, 2.45) is 4.99 Å². The average Bonchev–Trinajstić information content (AvgIpc) is 2.64. The van der Waals surface area contributed by atoms with Gasteiger partial charge in [-0.1, -0.05) is 19.3 Å². The molecule has 2 aliphatic rings. The molecule has 2 rings (SSSR count). The smallest absolute Gasteiger partial charge is 0.191 e. The number of hydrogen-bond donors (Lipinski definition) is 2. The maximum Gasteiger partial charge on any atom is 0.191 e. The zero-order chi connectivity index (χ0) is 18.0. The van der Waals surface area contributed by atoms with E-state index in [9.17, 15) is 0 Å². The van der Waals surface area contributed by atoms with E-state index >= 15 is 0 Å². The van der Waals surface area contributed by atoms with Gasteiger partial charge >= 0.3 is 0 Å². The third-order valence-electron chi connectivity index (χ3n) is 5.42. The molecule has 0 radical (unpaired) electrons. The summed E-state index contributed by atoms with van der Waals surface area (Å²) < 4.78 is 5.58. The van der Waals surface area contributed by atoms with Crippen LogP contribution in [0.3, 0.4) is 0 Å². The van der Waals surface area contributed by atoms with Gasteiger partial charge in [-0.15, -0.1) is 0 Å². The van der Waals surface area contributed by atoms with Crippen molar-refractivity contribution < 1.29 is 4.74 Å². The topological polar surface area (TPSA) is 52.1 Å². The molecule has 1 saturated carbocycles. The highest BCUT2D eigenvalue weighted by atomic mass is 16.5. The third kappa shape index (κ3) is 6.76. The van der Waals surface area contributed by atoms with Crippen LogP contribution in [0.2, 0.25) is 0 Å². The van der Waals surface area contributed by atoms with Gasteiger partial charge in [-0.2, -0.15) is 0 Å². The molecule has 2 N–H and O–H groups in total. The molecule has 2 fully saturated rings. The van der Waals surface area contributed by atoms with E-state index in [1.807, 2.05) is 0 Å². The zero-order valence-electron chi connectivity index (χ0n) is 16.6. The molecule has 0 atom stereocenters. The first kappa shape index (κ1) is 20.5. The van der Waals surface area contributed by atoms with E-state index in [4.69, 9.17) is 9.73 Å². The van der Waals surface area contributed by atoms with E-state index in [1.165, 1.54) is 32.1 Å². The lowest BCUT2D eigenvalue weighted by Crippen LogP contribution is -2.56. The second-order valence-corrected chi connectivity index (χ2v) is 7.66. The molecule has 6 heteroatoms. The van der Waals surface area contributed by atoms with Crippen molar-refractivity contribution in [2.75, 3.05) is 66.6 Å². The van der Waals surface area contributed by atoms with Crippen molar-refractivity contribution in [3.05, 3.63) is 0 Å². The highest BCUT2D eigenvalue weighted by Crippen LogP contribution is 2.34. The van der Waals surface area contributed by atoms with Crippen molar-refractivity contribution in [3.8, 4) is 0 Å². The molecule has 0 amide bonds. The molecule has 1 aliphatic carbocycles. The van der Waals surface area contributed by atoms with Gasteiger partial charge in [0.1, 0.15) is 0 Å². The summed E-state index contributed by atoms with van der Waals surface area (Å²) in [4.78, 5) is 9.88. The van der Waals surface area contributed by atoms with Crippen LogP contribution in [-0.4, -0.2) is 87.9 Å². The van der Waals surface area contributed by atoms with Gasteiger partial charge in [-0.05, 0) is 46.8 Å². The zero-order valence-corrected chi connectivity index (χ0v) is 16.6. The summed E-state index contributed by atoms with van der Waals surface area (Å²) in [6, 6.07) is 0. The number of morpholine rings is 1. The van der Waals surface area contributed by atoms with Gasteiger partial charge in [0.15, 0.2) is 5.96 Å². The number of ether oxygens (including phenoxy) is 1. The van der Waals surface area contributed by atoms with Gasteiger partial charge in [0.2, 0.25) is 0 Å². The molecule has 0 aromatic carbocycles. The average molecular weight is 354 g/mol. The van der Waals surface area contributed by atoms with E-state index < -0.39 is 0 Å². The lowest BCUT2D eigenvalue weighted by molar-refractivity contribution is -0.0333. The van der Waals surface area contributed by atoms with E-state index in [0.717, 1.165) is 64.9 Å². The van der Waals surface area contributed by atoms with E-state index in [1.54, 1.807) is 0 Å². The van der Waals surface area contributed by atoms with Crippen LogP contribution < -0.4 is 10.6 Å². The fourth-order valence-corrected chi connectivity index (χ4v) is 3.99. The quantitative estimate of drug-likeness (QED) is 0.394. The standard InChI is InChI=1S/C19H39N5O/c1-4-20-18(21-11-8-12-23(2)3)22-17-19(9-6-5-7-10-19)24-13-15-25-16-14-24/h4-17H2,1-3H3,(H2,20,21,22). The SMILES string of the molecule is CCNC(=NCC1(N2CCOCC2)CCCCC1)NCCCN(C)C. The summed E-state index contributed by atoms with van der Waals surface area (Å²) in [5, 5.41) is 6.92. The number of rotatable bonds is 8. The Morgan fingerprint density at radius 1 is 1.12 bits per heavy atom. The monoisotopic (exact) mass is 353 g/mol. The molecular weight excluding hydrogens is 314 g/mol. The van der Waals surface area contributed by atoms with Crippen molar-refractivity contribution in [1.82, 2.24) is 20.4 Å². The molecule has 146 valence electrons. The first-order chi connectivity index (χ1) is 12.2. The maximum atomic E-state index is 5.58. The minimum atomic E-state index is 0.244. The molecule has 25 heavy (non-hydrogen) atoms. The number of nitrogens with zero attached hydrogens (tertiary/aromatic N) is 3. The Labute approximate surface area is 154 Å². The van der Waals surface area contributed by atoms with Crippen LogP contribution >= 0.6 is 0 Å². The predicted octanol–water partition coefficient (Wildman–Crippen LogP) is 1.53. The molecule has 0 bridgehead atoms. The lowest BCUT2D eigenvalue weighted by Gasteiger charge is -2.47. The summed E-state index contributed by atoms with van der Waals surface area (Å²) in [5.41, 5.74) is 0.244. The van der Waals surface area contributed by atoms with Crippen LogP contribution in [0.25, 0.3) is 0 Å². The van der Waals surface area contributed by atoms with Crippen LogP contribution in [-0.2, 0) is 4.74 Å². The molecule has 6 nitrogen and oxygen atoms in total. The molecule has 0 spiro atoms. The second-order valence-electron chi connectivity index (χ2n) is 7.66. The summed E-state index contributed by atoms with van der Waals surface area (Å²) in [5.74, 6) is 0.972. The third-order valence-corrected chi connectivity index (χ3v) is 5.42. The Bertz CT molecular complexity index is 387. The van der Waals surface area contributed by atoms with Gasteiger partial charge in [0, 0.05) is 31.7 Å². The number of hydrogen-bond acceptors (Lipinski definition) is 4. The van der Waals surface area contributed by atoms with Gasteiger partial charge in [0.05, 0.1) is 19.8 Å².